The highest BCUT2D eigenvalue weighted by molar-refractivity contribution is 5.84. The molecule has 1 unspecified atom stereocenters. The van der Waals surface area contributed by atoms with Crippen LogP contribution in [0.4, 0.5) is 5.95 Å². The zero-order chi connectivity index (χ0) is 14.4. The SMILES string of the molecule is CCCNc1nc(OC(C)CCC)c2ccccc2n1. The molecule has 4 heteroatoms. The van der Waals surface area contributed by atoms with Gasteiger partial charge in [-0.05, 0) is 31.9 Å². The first-order valence-corrected chi connectivity index (χ1v) is 7.41. The minimum atomic E-state index is 0.164. The third-order valence-corrected chi connectivity index (χ3v) is 3.11. The molecule has 1 aromatic heterocycles. The van der Waals surface area contributed by atoms with Crippen LogP contribution in [0.3, 0.4) is 0 Å². The topological polar surface area (TPSA) is 47.0 Å². The highest BCUT2D eigenvalue weighted by Crippen LogP contribution is 2.25. The van der Waals surface area contributed by atoms with Crippen LogP contribution in [0.25, 0.3) is 10.9 Å². The lowest BCUT2D eigenvalue weighted by Crippen LogP contribution is -2.13. The fourth-order valence-electron chi connectivity index (χ4n) is 2.11. The molecule has 0 fully saturated rings. The number of fused-ring (bicyclic) bond motifs is 1. The molecular formula is C16H23N3O. The summed E-state index contributed by atoms with van der Waals surface area (Å²) in [6.45, 7) is 7.22. The van der Waals surface area contributed by atoms with E-state index in [2.05, 4.69) is 36.1 Å². The molecule has 1 heterocycles. The summed E-state index contributed by atoms with van der Waals surface area (Å²) in [6.07, 6.45) is 3.33. The Hall–Kier alpha value is -1.84. The van der Waals surface area contributed by atoms with Gasteiger partial charge in [0, 0.05) is 6.54 Å². The quantitative estimate of drug-likeness (QED) is 0.827. The molecule has 2 aromatic rings. The van der Waals surface area contributed by atoms with E-state index in [0.717, 1.165) is 36.7 Å². The first-order chi connectivity index (χ1) is 9.74. The largest absolute Gasteiger partial charge is 0.474 e. The molecule has 108 valence electrons. The van der Waals surface area contributed by atoms with Crippen molar-refractivity contribution < 1.29 is 4.74 Å². The van der Waals surface area contributed by atoms with Gasteiger partial charge in [0.25, 0.3) is 0 Å². The van der Waals surface area contributed by atoms with Crippen molar-refractivity contribution in [3.8, 4) is 5.88 Å². The predicted molar refractivity (Wildman–Crippen MR) is 83.3 cm³/mol. The van der Waals surface area contributed by atoms with Crippen molar-refractivity contribution in [3.63, 3.8) is 0 Å². The number of anilines is 1. The maximum absolute atomic E-state index is 6.00. The van der Waals surface area contributed by atoms with Crippen molar-refractivity contribution in [1.82, 2.24) is 9.97 Å². The van der Waals surface area contributed by atoms with Gasteiger partial charge in [0.15, 0.2) is 0 Å². The molecule has 1 atom stereocenters. The third-order valence-electron chi connectivity index (χ3n) is 3.11. The number of para-hydroxylation sites is 1. The molecule has 2 rings (SSSR count). The first-order valence-electron chi connectivity index (χ1n) is 7.41. The highest BCUT2D eigenvalue weighted by Gasteiger charge is 2.11. The van der Waals surface area contributed by atoms with E-state index < -0.39 is 0 Å². The molecule has 0 aliphatic carbocycles. The Balaban J connectivity index is 2.33. The standard InChI is InChI=1S/C16H23N3O/c1-4-8-12(3)20-15-13-9-6-7-10-14(13)18-16(19-15)17-11-5-2/h6-7,9-10,12H,4-5,8,11H2,1-3H3,(H,17,18,19). The number of rotatable bonds is 7. The van der Waals surface area contributed by atoms with Gasteiger partial charge in [0.05, 0.1) is 17.0 Å². The lowest BCUT2D eigenvalue weighted by atomic mass is 10.2. The summed E-state index contributed by atoms with van der Waals surface area (Å²) in [5.74, 6) is 1.32. The van der Waals surface area contributed by atoms with Crippen LogP contribution in [0.15, 0.2) is 24.3 Å². The van der Waals surface area contributed by atoms with Gasteiger partial charge in [-0.2, -0.15) is 4.98 Å². The Morgan fingerprint density at radius 3 is 2.70 bits per heavy atom. The molecule has 0 saturated carbocycles. The van der Waals surface area contributed by atoms with E-state index in [1.54, 1.807) is 0 Å². The van der Waals surface area contributed by atoms with Gasteiger partial charge in [-0.25, -0.2) is 4.98 Å². The van der Waals surface area contributed by atoms with Crippen LogP contribution in [0.5, 0.6) is 5.88 Å². The van der Waals surface area contributed by atoms with Crippen LogP contribution in [-0.4, -0.2) is 22.6 Å². The lowest BCUT2D eigenvalue weighted by Gasteiger charge is -2.15. The van der Waals surface area contributed by atoms with E-state index >= 15 is 0 Å². The Bertz CT molecular complexity index is 556. The molecule has 0 aliphatic heterocycles. The second-order valence-electron chi connectivity index (χ2n) is 5.01. The highest BCUT2D eigenvalue weighted by atomic mass is 16.5. The summed E-state index contributed by atoms with van der Waals surface area (Å²) in [4.78, 5) is 9.04. The number of nitrogens with one attached hydrogen (secondary N) is 1. The van der Waals surface area contributed by atoms with Crippen molar-refractivity contribution in [3.05, 3.63) is 24.3 Å². The van der Waals surface area contributed by atoms with Crippen LogP contribution in [0.2, 0.25) is 0 Å². The van der Waals surface area contributed by atoms with Crippen LogP contribution in [0, 0.1) is 0 Å². The van der Waals surface area contributed by atoms with Crippen LogP contribution in [0.1, 0.15) is 40.0 Å². The molecule has 0 radical (unpaired) electrons. The number of hydrogen-bond donors (Lipinski definition) is 1. The monoisotopic (exact) mass is 273 g/mol. The summed E-state index contributed by atoms with van der Waals surface area (Å²) in [5, 5.41) is 4.20. The van der Waals surface area contributed by atoms with Gasteiger partial charge in [-0.15, -0.1) is 0 Å². The summed E-state index contributed by atoms with van der Waals surface area (Å²) < 4.78 is 6.00. The predicted octanol–water partition coefficient (Wildman–Crippen LogP) is 4.02. The van der Waals surface area contributed by atoms with E-state index in [0.29, 0.717) is 11.8 Å². The molecule has 0 bridgehead atoms. The second kappa shape index (κ2) is 7.08. The number of aromatic nitrogens is 2. The summed E-state index contributed by atoms with van der Waals surface area (Å²) in [6, 6.07) is 7.97. The molecule has 4 nitrogen and oxygen atoms in total. The van der Waals surface area contributed by atoms with Crippen LogP contribution in [-0.2, 0) is 0 Å². The van der Waals surface area contributed by atoms with Crippen LogP contribution >= 0.6 is 0 Å². The summed E-state index contributed by atoms with van der Waals surface area (Å²) in [5.41, 5.74) is 0.916. The average Bonchev–Trinajstić information content (AvgIpc) is 2.45. The van der Waals surface area contributed by atoms with Crippen molar-refractivity contribution >= 4 is 16.9 Å². The fourth-order valence-corrected chi connectivity index (χ4v) is 2.11. The maximum atomic E-state index is 6.00. The van der Waals surface area contributed by atoms with E-state index in [9.17, 15) is 0 Å². The van der Waals surface area contributed by atoms with E-state index in [-0.39, 0.29) is 6.10 Å². The van der Waals surface area contributed by atoms with Gasteiger partial charge < -0.3 is 10.1 Å². The Morgan fingerprint density at radius 2 is 1.95 bits per heavy atom. The minimum absolute atomic E-state index is 0.164. The van der Waals surface area contributed by atoms with Crippen LogP contribution < -0.4 is 10.1 Å². The zero-order valence-electron chi connectivity index (χ0n) is 12.5. The number of nitrogens with zero attached hydrogens (tertiary/aromatic N) is 2. The Morgan fingerprint density at radius 1 is 1.15 bits per heavy atom. The van der Waals surface area contributed by atoms with E-state index in [4.69, 9.17) is 4.74 Å². The zero-order valence-corrected chi connectivity index (χ0v) is 12.5. The van der Waals surface area contributed by atoms with E-state index in [1.165, 1.54) is 0 Å². The third kappa shape index (κ3) is 3.59. The lowest BCUT2D eigenvalue weighted by molar-refractivity contribution is 0.204. The molecule has 0 spiro atoms. The normalized spacial score (nSPS) is 12.3. The maximum Gasteiger partial charge on any atom is 0.226 e. The van der Waals surface area contributed by atoms with Gasteiger partial charge in [0.1, 0.15) is 0 Å². The van der Waals surface area contributed by atoms with Gasteiger partial charge in [0.2, 0.25) is 11.8 Å². The fraction of sp³-hybridized carbons (Fsp3) is 0.500. The van der Waals surface area contributed by atoms with Crippen molar-refractivity contribution in [1.29, 1.82) is 0 Å². The first kappa shape index (κ1) is 14.6. The molecule has 1 aromatic carbocycles. The van der Waals surface area contributed by atoms with Crippen molar-refractivity contribution in [2.75, 3.05) is 11.9 Å². The minimum Gasteiger partial charge on any atom is -0.474 e. The molecule has 20 heavy (non-hydrogen) atoms. The number of benzene rings is 1. The smallest absolute Gasteiger partial charge is 0.226 e. The van der Waals surface area contributed by atoms with Gasteiger partial charge in [-0.1, -0.05) is 32.4 Å². The van der Waals surface area contributed by atoms with Gasteiger partial charge in [-0.3, -0.25) is 0 Å². The summed E-state index contributed by atoms with van der Waals surface area (Å²) >= 11 is 0. The molecule has 0 aliphatic rings. The van der Waals surface area contributed by atoms with Gasteiger partial charge >= 0.3 is 0 Å². The summed E-state index contributed by atoms with van der Waals surface area (Å²) in [7, 11) is 0. The molecule has 0 saturated heterocycles. The second-order valence-corrected chi connectivity index (χ2v) is 5.01. The molecular weight excluding hydrogens is 250 g/mol. The number of ether oxygens (including phenoxy) is 1. The molecule has 0 amide bonds. The Labute approximate surface area is 120 Å². The number of hydrogen-bond acceptors (Lipinski definition) is 4. The average molecular weight is 273 g/mol. The van der Waals surface area contributed by atoms with Crippen molar-refractivity contribution in [2.24, 2.45) is 0 Å². The molecule has 1 N–H and O–H groups in total. The Kier molecular flexibility index (Phi) is 5.16. The van der Waals surface area contributed by atoms with E-state index in [1.807, 2.05) is 24.3 Å². The van der Waals surface area contributed by atoms with Crippen molar-refractivity contribution in [2.45, 2.75) is 46.1 Å².